The molecule has 0 aromatic carbocycles. The van der Waals surface area contributed by atoms with Gasteiger partial charge in [-0.2, -0.15) is 0 Å². The van der Waals surface area contributed by atoms with E-state index in [1.54, 1.807) is 23.1 Å². The number of aromatic nitrogens is 2. The molecular weight excluding hydrogens is 222 g/mol. The highest BCUT2D eigenvalue weighted by Gasteiger charge is 2.01. The molecule has 0 saturated carbocycles. The summed E-state index contributed by atoms with van der Waals surface area (Å²) in [7, 11) is 0. The van der Waals surface area contributed by atoms with Crippen molar-refractivity contribution in [3.05, 3.63) is 22.7 Å². The van der Waals surface area contributed by atoms with Crippen LogP contribution in [0.5, 0.6) is 0 Å². The lowest BCUT2D eigenvalue weighted by molar-refractivity contribution is 1.21. The van der Waals surface area contributed by atoms with E-state index in [0.717, 1.165) is 15.8 Å². The molecule has 6 heteroatoms. The summed E-state index contributed by atoms with van der Waals surface area (Å²) in [5.74, 6) is 0.848. The lowest BCUT2D eigenvalue weighted by Crippen LogP contribution is -1.84. The summed E-state index contributed by atoms with van der Waals surface area (Å²) >= 11 is 4.81. The molecule has 0 aliphatic carbocycles. The molecule has 2 heterocycles. The Morgan fingerprint density at radius 3 is 3.00 bits per heavy atom. The van der Waals surface area contributed by atoms with Crippen molar-refractivity contribution in [1.82, 2.24) is 9.97 Å². The van der Waals surface area contributed by atoms with E-state index >= 15 is 0 Å². The molecule has 2 N–H and O–H groups in total. The summed E-state index contributed by atoms with van der Waals surface area (Å²) in [6.07, 6.45) is 1.81. The molecule has 2 aromatic rings. The Morgan fingerprint density at radius 2 is 2.38 bits per heavy atom. The largest absolute Gasteiger partial charge is 0.375 e. The number of thiazole rings is 2. The zero-order valence-corrected chi connectivity index (χ0v) is 9.09. The third-order valence-electron chi connectivity index (χ3n) is 1.32. The van der Waals surface area contributed by atoms with Crippen molar-refractivity contribution >= 4 is 39.6 Å². The highest BCUT2D eigenvalue weighted by molar-refractivity contribution is 8.00. The predicted octanol–water partition coefficient (Wildman–Crippen LogP) is 2.47. The first-order chi connectivity index (χ1) is 6.34. The number of nitrogens with zero attached hydrogens (tertiary/aromatic N) is 2. The molecule has 0 aliphatic rings. The maximum absolute atomic E-state index is 5.51. The van der Waals surface area contributed by atoms with Crippen LogP contribution < -0.4 is 5.73 Å². The van der Waals surface area contributed by atoms with Gasteiger partial charge >= 0.3 is 0 Å². The zero-order chi connectivity index (χ0) is 9.10. The van der Waals surface area contributed by atoms with Crippen LogP contribution in [0.3, 0.4) is 0 Å². The van der Waals surface area contributed by atoms with Crippen molar-refractivity contribution in [3.63, 3.8) is 0 Å². The molecule has 0 atom stereocenters. The SMILES string of the molecule is Nc1nc(CSc2nccs2)cs1. The maximum atomic E-state index is 5.51. The van der Waals surface area contributed by atoms with Gasteiger partial charge in [-0.3, -0.25) is 0 Å². The standard InChI is InChI=1S/C7H7N3S3/c8-6-10-5(3-12-6)4-13-7-9-1-2-11-7/h1-3H,4H2,(H2,8,10). The highest BCUT2D eigenvalue weighted by Crippen LogP contribution is 2.25. The first-order valence-corrected chi connectivity index (χ1v) is 6.31. The summed E-state index contributed by atoms with van der Waals surface area (Å²) < 4.78 is 1.08. The predicted molar refractivity (Wildman–Crippen MR) is 58.2 cm³/mol. The van der Waals surface area contributed by atoms with Gasteiger partial charge in [0.1, 0.15) is 4.34 Å². The fourth-order valence-electron chi connectivity index (χ4n) is 0.806. The van der Waals surface area contributed by atoms with Crippen molar-refractivity contribution in [2.75, 3.05) is 5.73 Å². The van der Waals surface area contributed by atoms with Crippen molar-refractivity contribution in [2.45, 2.75) is 10.1 Å². The number of rotatable bonds is 3. The van der Waals surface area contributed by atoms with Crippen LogP contribution in [-0.2, 0) is 5.75 Å². The van der Waals surface area contributed by atoms with Crippen LogP contribution in [0.2, 0.25) is 0 Å². The average Bonchev–Trinajstić information content (AvgIpc) is 2.71. The minimum Gasteiger partial charge on any atom is -0.375 e. The fourth-order valence-corrected chi connectivity index (χ4v) is 3.00. The maximum Gasteiger partial charge on any atom is 0.180 e. The number of thioether (sulfide) groups is 1. The van der Waals surface area contributed by atoms with Crippen LogP contribution in [0.4, 0.5) is 5.13 Å². The van der Waals surface area contributed by atoms with Crippen LogP contribution >= 0.6 is 34.4 Å². The first kappa shape index (κ1) is 8.98. The van der Waals surface area contributed by atoms with E-state index in [4.69, 9.17) is 5.73 Å². The van der Waals surface area contributed by atoms with Crippen LogP contribution in [0.25, 0.3) is 0 Å². The van der Waals surface area contributed by atoms with E-state index in [0.29, 0.717) is 5.13 Å². The Labute approximate surface area is 88.0 Å². The number of hydrogen-bond donors (Lipinski definition) is 1. The molecule has 0 amide bonds. The molecule has 13 heavy (non-hydrogen) atoms. The third-order valence-corrected chi connectivity index (χ3v) is 4.04. The van der Waals surface area contributed by atoms with Gasteiger partial charge < -0.3 is 5.73 Å². The molecule has 68 valence electrons. The number of hydrogen-bond acceptors (Lipinski definition) is 6. The third kappa shape index (κ3) is 2.43. The summed E-state index contributed by atoms with van der Waals surface area (Å²) in [6.45, 7) is 0. The normalized spacial score (nSPS) is 10.5. The van der Waals surface area contributed by atoms with E-state index in [1.807, 2.05) is 17.0 Å². The van der Waals surface area contributed by atoms with E-state index in [2.05, 4.69) is 9.97 Å². The molecule has 0 bridgehead atoms. The summed E-state index contributed by atoms with van der Waals surface area (Å²) in [4.78, 5) is 8.33. The molecule has 3 nitrogen and oxygen atoms in total. The zero-order valence-electron chi connectivity index (χ0n) is 6.64. The Balaban J connectivity index is 1.93. The van der Waals surface area contributed by atoms with E-state index in [1.165, 1.54) is 11.3 Å². The quantitative estimate of drug-likeness (QED) is 0.821. The van der Waals surface area contributed by atoms with Crippen molar-refractivity contribution < 1.29 is 0 Å². The number of nitrogen functional groups attached to an aromatic ring is 1. The molecule has 0 radical (unpaired) electrons. The fraction of sp³-hybridized carbons (Fsp3) is 0.143. The Kier molecular flexibility index (Phi) is 2.82. The molecule has 0 saturated heterocycles. The first-order valence-electron chi connectivity index (χ1n) is 3.57. The molecular formula is C7H7N3S3. The molecule has 0 fully saturated rings. The van der Waals surface area contributed by atoms with Crippen LogP contribution in [-0.4, -0.2) is 9.97 Å². The van der Waals surface area contributed by atoms with Gasteiger partial charge in [0, 0.05) is 22.7 Å². The number of nitrogens with two attached hydrogens (primary N) is 1. The smallest absolute Gasteiger partial charge is 0.180 e. The second kappa shape index (κ2) is 4.08. The lowest BCUT2D eigenvalue weighted by atomic mass is 10.6. The van der Waals surface area contributed by atoms with Gasteiger partial charge in [0.25, 0.3) is 0 Å². The van der Waals surface area contributed by atoms with Gasteiger partial charge in [0.2, 0.25) is 0 Å². The van der Waals surface area contributed by atoms with Gasteiger partial charge in [-0.25, -0.2) is 9.97 Å². The Hall–Kier alpha value is -0.590. The molecule has 2 aromatic heterocycles. The Bertz CT molecular complexity index is 368. The van der Waals surface area contributed by atoms with Crippen LogP contribution in [0.15, 0.2) is 21.3 Å². The highest BCUT2D eigenvalue weighted by atomic mass is 32.2. The molecule has 0 unspecified atom stereocenters. The van der Waals surface area contributed by atoms with Crippen LogP contribution in [0, 0.1) is 0 Å². The summed E-state index contributed by atoms with van der Waals surface area (Å²) in [5.41, 5.74) is 6.54. The monoisotopic (exact) mass is 229 g/mol. The van der Waals surface area contributed by atoms with Crippen molar-refractivity contribution in [3.8, 4) is 0 Å². The van der Waals surface area contributed by atoms with Crippen molar-refractivity contribution in [1.29, 1.82) is 0 Å². The second-order valence-corrected chi connectivity index (χ2v) is 5.27. The van der Waals surface area contributed by atoms with Crippen molar-refractivity contribution in [2.24, 2.45) is 0 Å². The van der Waals surface area contributed by atoms with E-state index < -0.39 is 0 Å². The topological polar surface area (TPSA) is 51.8 Å². The van der Waals surface area contributed by atoms with Gasteiger partial charge in [-0.1, -0.05) is 11.8 Å². The van der Waals surface area contributed by atoms with E-state index in [9.17, 15) is 0 Å². The minimum atomic E-state index is 0.634. The summed E-state index contributed by atoms with van der Waals surface area (Å²) in [6, 6.07) is 0. The van der Waals surface area contributed by atoms with Gasteiger partial charge in [0.05, 0.1) is 5.69 Å². The minimum absolute atomic E-state index is 0.634. The van der Waals surface area contributed by atoms with Crippen LogP contribution in [0.1, 0.15) is 5.69 Å². The Morgan fingerprint density at radius 1 is 1.46 bits per heavy atom. The molecule has 0 aliphatic heterocycles. The van der Waals surface area contributed by atoms with E-state index in [-0.39, 0.29) is 0 Å². The molecule has 0 spiro atoms. The van der Waals surface area contributed by atoms with Gasteiger partial charge in [0.15, 0.2) is 5.13 Å². The van der Waals surface area contributed by atoms with Gasteiger partial charge in [-0.15, -0.1) is 22.7 Å². The van der Waals surface area contributed by atoms with Gasteiger partial charge in [-0.05, 0) is 0 Å². The average molecular weight is 229 g/mol. The summed E-state index contributed by atoms with van der Waals surface area (Å²) in [5, 5.41) is 4.59. The molecule has 2 rings (SSSR count). The lowest BCUT2D eigenvalue weighted by Gasteiger charge is -1.91. The number of anilines is 1. The second-order valence-electron chi connectivity index (χ2n) is 2.26.